The summed E-state index contributed by atoms with van der Waals surface area (Å²) < 4.78 is 4.79. The normalized spacial score (nSPS) is 27.2. The van der Waals surface area contributed by atoms with Crippen molar-refractivity contribution in [2.24, 2.45) is 0 Å². The highest BCUT2D eigenvalue weighted by Gasteiger charge is 2.35. The Bertz CT molecular complexity index is 436. The van der Waals surface area contributed by atoms with E-state index >= 15 is 0 Å². The summed E-state index contributed by atoms with van der Waals surface area (Å²) in [5, 5.41) is 3.24. The Kier molecular flexibility index (Phi) is 3.06. The third kappa shape index (κ3) is 2.02. The molecule has 0 spiro atoms. The Morgan fingerprint density at radius 2 is 2.00 bits per heavy atom. The highest BCUT2D eigenvalue weighted by atomic mass is 16.5. The van der Waals surface area contributed by atoms with Crippen molar-refractivity contribution < 1.29 is 9.53 Å². The summed E-state index contributed by atoms with van der Waals surface area (Å²) in [5.74, 6) is -0.144. The smallest absolute Gasteiger partial charge is 0.322 e. The van der Waals surface area contributed by atoms with Crippen LogP contribution >= 0.6 is 0 Å². The average Bonchev–Trinajstić information content (AvgIpc) is 3.03. The number of hydrogen-bond donors (Lipinski definition) is 1. The number of esters is 1. The molecule has 2 aliphatic rings. The Labute approximate surface area is 107 Å². The van der Waals surface area contributed by atoms with Gasteiger partial charge in [0.1, 0.15) is 6.04 Å². The lowest BCUT2D eigenvalue weighted by molar-refractivity contribution is -0.142. The number of fused-ring (bicyclic) bond motifs is 1. The maximum absolute atomic E-state index is 11.5. The molecule has 0 aliphatic carbocycles. The first-order chi connectivity index (χ1) is 8.78. The fraction of sp³-hybridized carbons (Fsp3) is 0.500. The van der Waals surface area contributed by atoms with Crippen LogP contribution in [0.4, 0.5) is 0 Å². The second-order valence-electron chi connectivity index (χ2n) is 5.05. The van der Waals surface area contributed by atoms with Crippen molar-refractivity contribution in [3.63, 3.8) is 0 Å². The Balaban J connectivity index is 1.64. The van der Waals surface area contributed by atoms with Gasteiger partial charge < -0.3 is 10.1 Å². The summed E-state index contributed by atoms with van der Waals surface area (Å²) in [7, 11) is 1.45. The van der Waals surface area contributed by atoms with E-state index in [4.69, 9.17) is 4.74 Å². The van der Waals surface area contributed by atoms with Gasteiger partial charge in [-0.2, -0.15) is 0 Å². The Morgan fingerprint density at radius 1 is 1.33 bits per heavy atom. The standard InChI is InChI=1S/C14H18N2O2/c1-18-14(17)13-6-12(7-15-13)16-8-10-4-2-3-5-11(10)9-16/h2-5,12-13,15H,6-9H2,1H3/t12-,13+/m1/s1. The number of hydrogen-bond acceptors (Lipinski definition) is 4. The molecule has 0 saturated carbocycles. The molecule has 2 atom stereocenters. The fourth-order valence-electron chi connectivity index (χ4n) is 2.93. The van der Waals surface area contributed by atoms with Gasteiger partial charge in [0.25, 0.3) is 0 Å². The van der Waals surface area contributed by atoms with Gasteiger partial charge >= 0.3 is 5.97 Å². The van der Waals surface area contributed by atoms with Crippen LogP contribution in [-0.4, -0.2) is 36.6 Å². The first-order valence-electron chi connectivity index (χ1n) is 6.40. The lowest BCUT2D eigenvalue weighted by Gasteiger charge is -2.22. The largest absolute Gasteiger partial charge is 0.468 e. The lowest BCUT2D eigenvalue weighted by Crippen LogP contribution is -2.32. The predicted molar refractivity (Wildman–Crippen MR) is 67.9 cm³/mol. The van der Waals surface area contributed by atoms with Gasteiger partial charge in [0, 0.05) is 25.7 Å². The molecule has 1 aromatic carbocycles. The van der Waals surface area contributed by atoms with E-state index in [-0.39, 0.29) is 12.0 Å². The molecule has 1 aromatic rings. The van der Waals surface area contributed by atoms with Crippen LogP contribution in [0.1, 0.15) is 17.5 Å². The van der Waals surface area contributed by atoms with Crippen molar-refractivity contribution in [2.75, 3.05) is 13.7 Å². The maximum atomic E-state index is 11.5. The minimum Gasteiger partial charge on any atom is -0.468 e. The second-order valence-corrected chi connectivity index (χ2v) is 5.05. The third-order valence-corrected chi connectivity index (χ3v) is 3.98. The van der Waals surface area contributed by atoms with Gasteiger partial charge in [0.15, 0.2) is 0 Å². The van der Waals surface area contributed by atoms with Crippen LogP contribution in [0.3, 0.4) is 0 Å². The van der Waals surface area contributed by atoms with Crippen LogP contribution in [0.2, 0.25) is 0 Å². The van der Waals surface area contributed by atoms with Crippen molar-refractivity contribution in [2.45, 2.75) is 31.6 Å². The van der Waals surface area contributed by atoms with E-state index in [1.54, 1.807) is 0 Å². The molecule has 18 heavy (non-hydrogen) atoms. The molecule has 0 radical (unpaired) electrons. The Morgan fingerprint density at radius 3 is 2.61 bits per heavy atom. The van der Waals surface area contributed by atoms with E-state index in [0.29, 0.717) is 6.04 Å². The van der Waals surface area contributed by atoms with Crippen LogP contribution in [-0.2, 0) is 22.6 Å². The number of rotatable bonds is 2. The summed E-state index contributed by atoms with van der Waals surface area (Å²) in [4.78, 5) is 13.9. The Hall–Kier alpha value is -1.39. The van der Waals surface area contributed by atoms with E-state index in [1.165, 1.54) is 18.2 Å². The van der Waals surface area contributed by atoms with Gasteiger partial charge in [-0.1, -0.05) is 24.3 Å². The zero-order chi connectivity index (χ0) is 12.5. The molecule has 4 heteroatoms. The van der Waals surface area contributed by atoms with Crippen LogP contribution in [0.5, 0.6) is 0 Å². The van der Waals surface area contributed by atoms with Crippen molar-refractivity contribution in [1.82, 2.24) is 10.2 Å². The molecule has 4 nitrogen and oxygen atoms in total. The van der Waals surface area contributed by atoms with Crippen LogP contribution in [0.25, 0.3) is 0 Å². The van der Waals surface area contributed by atoms with Crippen molar-refractivity contribution in [3.8, 4) is 0 Å². The molecule has 0 amide bonds. The first-order valence-corrected chi connectivity index (χ1v) is 6.40. The molecule has 2 heterocycles. The SMILES string of the molecule is COC(=O)[C@@H]1C[C@@H](N2Cc3ccccc3C2)CN1. The predicted octanol–water partition coefficient (Wildman–Crippen LogP) is 0.906. The molecule has 0 unspecified atom stereocenters. The van der Waals surface area contributed by atoms with Crippen LogP contribution < -0.4 is 5.32 Å². The van der Waals surface area contributed by atoms with Crippen LogP contribution in [0, 0.1) is 0 Å². The van der Waals surface area contributed by atoms with Gasteiger partial charge in [0.05, 0.1) is 7.11 Å². The summed E-state index contributed by atoms with van der Waals surface area (Å²) in [6.07, 6.45) is 0.848. The van der Waals surface area contributed by atoms with Gasteiger partial charge in [0.2, 0.25) is 0 Å². The highest BCUT2D eigenvalue weighted by molar-refractivity contribution is 5.76. The maximum Gasteiger partial charge on any atom is 0.322 e. The number of nitrogens with one attached hydrogen (secondary N) is 1. The number of benzene rings is 1. The average molecular weight is 246 g/mol. The first kappa shape index (κ1) is 11.7. The van der Waals surface area contributed by atoms with E-state index in [1.807, 2.05) is 0 Å². The molecular formula is C14H18N2O2. The van der Waals surface area contributed by atoms with Crippen molar-refractivity contribution >= 4 is 5.97 Å². The molecule has 1 fully saturated rings. The van der Waals surface area contributed by atoms with Gasteiger partial charge in [-0.05, 0) is 17.5 Å². The summed E-state index contributed by atoms with van der Waals surface area (Å²) in [6.45, 7) is 2.86. The van der Waals surface area contributed by atoms with E-state index in [0.717, 1.165) is 26.1 Å². The molecule has 96 valence electrons. The molecule has 1 N–H and O–H groups in total. The number of carbonyl (C=O) groups is 1. The minimum atomic E-state index is -0.144. The zero-order valence-corrected chi connectivity index (χ0v) is 10.6. The van der Waals surface area contributed by atoms with E-state index < -0.39 is 0 Å². The van der Waals surface area contributed by atoms with Crippen molar-refractivity contribution in [1.29, 1.82) is 0 Å². The van der Waals surface area contributed by atoms with E-state index in [2.05, 4.69) is 34.5 Å². The quantitative estimate of drug-likeness (QED) is 0.787. The number of nitrogens with zero attached hydrogens (tertiary/aromatic N) is 1. The molecule has 2 aliphatic heterocycles. The monoisotopic (exact) mass is 246 g/mol. The molecule has 3 rings (SSSR count). The molecular weight excluding hydrogens is 228 g/mol. The van der Waals surface area contributed by atoms with Crippen molar-refractivity contribution in [3.05, 3.63) is 35.4 Å². The minimum absolute atomic E-state index is 0.135. The number of carbonyl (C=O) groups excluding carboxylic acids is 1. The molecule has 1 saturated heterocycles. The molecule has 0 bridgehead atoms. The topological polar surface area (TPSA) is 41.6 Å². The van der Waals surface area contributed by atoms with Gasteiger partial charge in [-0.25, -0.2) is 0 Å². The van der Waals surface area contributed by atoms with Crippen LogP contribution in [0.15, 0.2) is 24.3 Å². The highest BCUT2D eigenvalue weighted by Crippen LogP contribution is 2.27. The van der Waals surface area contributed by atoms with Gasteiger partial charge in [-0.3, -0.25) is 9.69 Å². The molecule has 0 aromatic heterocycles. The lowest BCUT2D eigenvalue weighted by atomic mass is 10.1. The third-order valence-electron chi connectivity index (χ3n) is 3.98. The number of methoxy groups -OCH3 is 1. The summed E-state index contributed by atoms with van der Waals surface area (Å²) in [6, 6.07) is 8.86. The zero-order valence-electron chi connectivity index (χ0n) is 10.6. The fourth-order valence-corrected chi connectivity index (χ4v) is 2.93. The van der Waals surface area contributed by atoms with E-state index in [9.17, 15) is 4.79 Å². The summed E-state index contributed by atoms with van der Waals surface area (Å²) in [5.41, 5.74) is 2.83. The second kappa shape index (κ2) is 4.71. The summed E-state index contributed by atoms with van der Waals surface area (Å²) >= 11 is 0. The number of ether oxygens (including phenoxy) is 1. The van der Waals surface area contributed by atoms with Gasteiger partial charge in [-0.15, -0.1) is 0 Å².